The molecule has 28 nitrogen and oxygen atoms in total. The summed E-state index contributed by atoms with van der Waals surface area (Å²) in [5.74, 6) is 0. The zero-order valence-electron chi connectivity index (χ0n) is 34.7. The van der Waals surface area contributed by atoms with Gasteiger partial charge in [-0.2, -0.15) is 50.5 Å². The van der Waals surface area contributed by atoms with E-state index in [1.54, 1.807) is 33.8 Å². The first-order valence-corrected chi connectivity index (χ1v) is 23.2. The van der Waals surface area contributed by atoms with Crippen molar-refractivity contribution in [3.8, 4) is 0 Å². The fourth-order valence-electron chi connectivity index (χ4n) is 1.27. The zero-order chi connectivity index (χ0) is 49.6. The summed E-state index contributed by atoms with van der Waals surface area (Å²) in [5, 5.41) is 16.1. The van der Waals surface area contributed by atoms with E-state index in [0.29, 0.717) is 12.2 Å². The first kappa shape index (κ1) is 84.3. The normalized spacial score (nSPS) is 11.0. The van der Waals surface area contributed by atoms with E-state index in [0.717, 1.165) is 0 Å². The number of rotatable bonds is 8. The van der Waals surface area contributed by atoms with Crippen molar-refractivity contribution < 1.29 is 124 Å². The summed E-state index contributed by atoms with van der Waals surface area (Å²) in [6.45, 7) is 29.4. The molecule has 0 saturated carbocycles. The predicted molar refractivity (Wildman–Crippen MR) is 211 cm³/mol. The number of aliphatic hydroxyl groups is 2. The molecular weight excluding hydrogens is 929 g/mol. The SMILES string of the molecule is C=CC.CC(C)O.CC(C)O.CC(C)OC(C)C.CC(C)OS(=O)(=O)O.CC(C)OS(=O)(=O)O.CC(C)OS(=O)(=O)O.O.O=S(=O)(O)O.O=S(=O)(O)O.O=S(=O)(O)O. The molecule has 0 aromatic rings. The number of allylic oxidation sites excluding steroid dienone is 1. The van der Waals surface area contributed by atoms with Crippen molar-refractivity contribution >= 4 is 62.4 Å². The number of aliphatic hydroxyl groups excluding tert-OH is 2. The van der Waals surface area contributed by atoms with Crippen LogP contribution in [0.5, 0.6) is 0 Å². The van der Waals surface area contributed by atoms with E-state index in [1.165, 1.54) is 41.5 Å². The van der Waals surface area contributed by atoms with E-state index in [4.69, 9.17) is 81.2 Å². The van der Waals surface area contributed by atoms with E-state index < -0.39 is 80.7 Å². The Morgan fingerprint density at radius 2 is 0.466 bits per heavy atom. The summed E-state index contributed by atoms with van der Waals surface area (Å²) in [4.78, 5) is 0. The van der Waals surface area contributed by atoms with Gasteiger partial charge in [0, 0.05) is 12.2 Å². The lowest BCUT2D eigenvalue weighted by atomic mass is 10.4. The van der Waals surface area contributed by atoms with Gasteiger partial charge in [-0.1, -0.05) is 6.08 Å². The maximum absolute atomic E-state index is 9.78. The summed E-state index contributed by atoms with van der Waals surface area (Å²) in [6.07, 6.45) is 0.681. The van der Waals surface area contributed by atoms with Crippen molar-refractivity contribution in [3.63, 3.8) is 0 Å². The number of ether oxygens (including phenoxy) is 1. The van der Waals surface area contributed by atoms with Crippen LogP contribution in [0.3, 0.4) is 0 Å². The molecule has 0 rings (SSSR count). The third kappa shape index (κ3) is 501. The Balaban J connectivity index is -0.0000000476. The average molecular weight is 997 g/mol. The molecule has 0 amide bonds. The minimum absolute atomic E-state index is 0. The number of hydrogen-bond acceptors (Lipinski definition) is 18. The summed E-state index contributed by atoms with van der Waals surface area (Å²) < 4.78 is 194. The molecule has 34 heteroatoms. The monoisotopic (exact) mass is 996 g/mol. The molecule has 0 aliphatic carbocycles. The third-order valence-electron chi connectivity index (χ3n) is 1.49. The Bertz CT molecular complexity index is 1330. The van der Waals surface area contributed by atoms with E-state index in [2.05, 4.69) is 19.1 Å². The van der Waals surface area contributed by atoms with Gasteiger partial charge in [-0.25, -0.2) is 12.5 Å². The van der Waals surface area contributed by atoms with Gasteiger partial charge in [-0.3, -0.25) is 41.0 Å². The van der Waals surface area contributed by atoms with Crippen LogP contribution in [0.2, 0.25) is 0 Å². The van der Waals surface area contributed by atoms with E-state index >= 15 is 0 Å². The molecule has 0 aliphatic rings. The molecule has 13 N–H and O–H groups in total. The lowest BCUT2D eigenvalue weighted by Gasteiger charge is -2.09. The van der Waals surface area contributed by atoms with Crippen LogP contribution in [0, 0.1) is 0 Å². The van der Waals surface area contributed by atoms with E-state index in [1.807, 2.05) is 34.6 Å². The molecule has 368 valence electrons. The van der Waals surface area contributed by atoms with Crippen LogP contribution < -0.4 is 0 Å². The standard InChI is InChI=1S/C6H14O.3C3H8O4S.2C3H8O.C3H6.3H2O4S.H2O/c1-5(2)7-6(3)4;3*1-3(2)7-8(4,5)6;2*1-3(2)4;1-3-2;3*1-5(2,3)4;/h5-6H,1-4H3;3*3H,1-2H3,(H,4,5,6);2*3-4H,1-2H3;3H,1H2,2H3;3*(H2,1,2,3,4);1H2. The van der Waals surface area contributed by atoms with Crippen LogP contribution in [0.1, 0.15) is 104 Å². The first-order valence-electron chi connectivity index (χ1n) is 14.9. The Morgan fingerprint density at radius 1 is 0.379 bits per heavy atom. The Kier molecular flexibility index (Phi) is 65.9. The second kappa shape index (κ2) is 45.3. The van der Waals surface area contributed by atoms with Gasteiger partial charge in [0.15, 0.2) is 0 Å². The maximum atomic E-state index is 9.78. The lowest BCUT2D eigenvalue weighted by Crippen LogP contribution is -2.10. The average Bonchev–Trinajstić information content (AvgIpc) is 2.70. The van der Waals surface area contributed by atoms with Crippen molar-refractivity contribution in [2.24, 2.45) is 0 Å². The predicted octanol–water partition coefficient (Wildman–Crippen LogP) is 1.65. The van der Waals surface area contributed by atoms with Crippen molar-refractivity contribution in [2.45, 2.75) is 147 Å². The van der Waals surface area contributed by atoms with E-state index in [-0.39, 0.29) is 17.7 Å². The lowest BCUT2D eigenvalue weighted by molar-refractivity contribution is 0.0300. The van der Waals surface area contributed by atoms with E-state index in [9.17, 15) is 25.3 Å². The van der Waals surface area contributed by atoms with Gasteiger partial charge in [0.05, 0.1) is 30.5 Å². The highest BCUT2D eigenvalue weighted by Crippen LogP contribution is 1.94. The summed E-state index contributed by atoms with van der Waals surface area (Å²) in [5.41, 5.74) is 0. The van der Waals surface area contributed by atoms with Crippen LogP contribution in [0.4, 0.5) is 0 Å². The molecule has 0 aliphatic heterocycles. The topological polar surface area (TPSA) is 496 Å². The summed E-state index contributed by atoms with van der Waals surface area (Å²) in [6, 6.07) is 0. The third-order valence-corrected chi connectivity index (χ3v) is 3.37. The molecule has 58 heavy (non-hydrogen) atoms. The second-order valence-electron chi connectivity index (χ2n) is 10.9. The Labute approximate surface area is 344 Å². The highest BCUT2D eigenvalue weighted by Gasteiger charge is 2.07. The highest BCUT2D eigenvalue weighted by atomic mass is 32.3. The van der Waals surface area contributed by atoms with Gasteiger partial charge < -0.3 is 20.4 Å². The minimum atomic E-state index is -4.67. The molecule has 0 aromatic heterocycles. The molecule has 0 aromatic carbocycles. The van der Waals surface area contributed by atoms with Gasteiger partial charge >= 0.3 is 62.4 Å². The van der Waals surface area contributed by atoms with Gasteiger partial charge in [0.25, 0.3) is 0 Å². The molecule has 0 radical (unpaired) electrons. The van der Waals surface area contributed by atoms with Crippen LogP contribution >= 0.6 is 0 Å². The fourth-order valence-corrected chi connectivity index (χ4v) is 2.73. The molecule has 0 spiro atoms. The quantitative estimate of drug-likeness (QED) is 0.122. The maximum Gasteiger partial charge on any atom is 0.397 e. The fraction of sp³-hybridized carbons (Fsp3) is 0.917. The molecule has 0 fully saturated rings. The van der Waals surface area contributed by atoms with Crippen molar-refractivity contribution in [3.05, 3.63) is 12.7 Å². The largest absolute Gasteiger partial charge is 0.412 e. The van der Waals surface area contributed by atoms with Crippen molar-refractivity contribution in [1.82, 2.24) is 0 Å². The Morgan fingerprint density at radius 3 is 0.466 bits per heavy atom. The van der Waals surface area contributed by atoms with Gasteiger partial charge in [-0.05, 0) is 104 Å². The van der Waals surface area contributed by atoms with Crippen molar-refractivity contribution in [2.75, 3.05) is 0 Å². The smallest absolute Gasteiger partial charge is 0.397 e. The first-order chi connectivity index (χ1) is 24.3. The van der Waals surface area contributed by atoms with Crippen LogP contribution in [0.25, 0.3) is 0 Å². The molecule has 0 atom stereocenters. The summed E-state index contributed by atoms with van der Waals surface area (Å²) >= 11 is 0. The zero-order valence-corrected chi connectivity index (χ0v) is 39.6. The number of hydrogen-bond donors (Lipinski definition) is 11. The minimum Gasteiger partial charge on any atom is -0.412 e. The van der Waals surface area contributed by atoms with Gasteiger partial charge in [-0.15, -0.1) is 6.58 Å². The van der Waals surface area contributed by atoms with Gasteiger partial charge in [0.2, 0.25) is 0 Å². The Hall–Kier alpha value is -1.20. The molecule has 0 unspecified atom stereocenters. The molecule has 0 saturated heterocycles. The highest BCUT2D eigenvalue weighted by molar-refractivity contribution is 7.81. The van der Waals surface area contributed by atoms with Crippen molar-refractivity contribution in [1.29, 1.82) is 0 Å². The molecule has 0 bridgehead atoms. The summed E-state index contributed by atoms with van der Waals surface area (Å²) in [7, 11) is -26.7. The van der Waals surface area contributed by atoms with Crippen LogP contribution in [-0.4, -0.2) is 150 Å². The van der Waals surface area contributed by atoms with Crippen LogP contribution in [-0.2, 0) is 79.7 Å². The molecule has 0 heterocycles. The molecular formula is C24H68O28S6. The van der Waals surface area contributed by atoms with Gasteiger partial charge in [0.1, 0.15) is 0 Å². The van der Waals surface area contributed by atoms with Crippen LogP contribution in [0.15, 0.2) is 12.7 Å². The second-order valence-corrected chi connectivity index (χ2v) is 16.7.